The molecule has 0 spiro atoms. The molecular formula is C27H31N3O2. The Morgan fingerprint density at radius 1 is 0.875 bits per heavy atom. The number of methoxy groups -OCH3 is 1. The number of hydrogen-bond acceptors (Lipinski definition) is 4. The lowest BCUT2D eigenvalue weighted by molar-refractivity contribution is 0.0886. The lowest BCUT2D eigenvalue weighted by Gasteiger charge is -2.38. The SMILES string of the molecule is COc1ccc([C@H](CNC(=O)c2ccc(-c3ccccc3)cc2)N2CCN(C)CC2)cc1. The summed E-state index contributed by atoms with van der Waals surface area (Å²) < 4.78 is 5.32. The van der Waals surface area contributed by atoms with Crippen molar-refractivity contribution in [1.29, 1.82) is 0 Å². The van der Waals surface area contributed by atoms with Crippen LogP contribution in [0.5, 0.6) is 5.75 Å². The minimum absolute atomic E-state index is 0.0442. The van der Waals surface area contributed by atoms with Crippen LogP contribution in [-0.4, -0.2) is 62.6 Å². The van der Waals surface area contributed by atoms with Crippen molar-refractivity contribution in [2.24, 2.45) is 0 Å². The number of piperazine rings is 1. The van der Waals surface area contributed by atoms with Crippen LogP contribution in [0.1, 0.15) is 22.0 Å². The van der Waals surface area contributed by atoms with E-state index >= 15 is 0 Å². The fraction of sp³-hybridized carbons (Fsp3) is 0.296. The first-order valence-electron chi connectivity index (χ1n) is 11.1. The van der Waals surface area contributed by atoms with E-state index in [4.69, 9.17) is 4.74 Å². The highest BCUT2D eigenvalue weighted by Gasteiger charge is 2.24. The second-order valence-electron chi connectivity index (χ2n) is 8.28. The number of ether oxygens (including phenoxy) is 1. The van der Waals surface area contributed by atoms with Crippen molar-refractivity contribution < 1.29 is 9.53 Å². The highest BCUT2D eigenvalue weighted by atomic mass is 16.5. The molecule has 0 unspecified atom stereocenters. The Balaban J connectivity index is 1.45. The molecule has 1 aliphatic rings. The Morgan fingerprint density at radius 3 is 2.12 bits per heavy atom. The molecule has 1 heterocycles. The van der Waals surface area contributed by atoms with Crippen molar-refractivity contribution in [2.45, 2.75) is 6.04 Å². The molecule has 1 atom stereocenters. The fourth-order valence-corrected chi connectivity index (χ4v) is 4.15. The predicted molar refractivity (Wildman–Crippen MR) is 129 cm³/mol. The van der Waals surface area contributed by atoms with Gasteiger partial charge in [0.2, 0.25) is 0 Å². The van der Waals surface area contributed by atoms with Gasteiger partial charge in [0.15, 0.2) is 0 Å². The first-order valence-corrected chi connectivity index (χ1v) is 11.1. The van der Waals surface area contributed by atoms with Crippen LogP contribution in [-0.2, 0) is 0 Å². The maximum atomic E-state index is 12.9. The van der Waals surface area contributed by atoms with Crippen LogP contribution in [0.2, 0.25) is 0 Å². The molecule has 5 heteroatoms. The lowest BCUT2D eigenvalue weighted by Crippen LogP contribution is -2.48. The Kier molecular flexibility index (Phi) is 7.20. The molecule has 3 aromatic rings. The van der Waals surface area contributed by atoms with Crippen LogP contribution in [0.15, 0.2) is 78.9 Å². The number of nitrogens with one attached hydrogen (secondary N) is 1. The number of nitrogens with zero attached hydrogens (tertiary/aromatic N) is 2. The molecule has 0 bridgehead atoms. The van der Waals surface area contributed by atoms with E-state index in [2.05, 4.69) is 46.4 Å². The summed E-state index contributed by atoms with van der Waals surface area (Å²) in [5.74, 6) is 0.797. The maximum Gasteiger partial charge on any atom is 0.251 e. The molecule has 5 nitrogen and oxygen atoms in total. The van der Waals surface area contributed by atoms with E-state index in [9.17, 15) is 4.79 Å². The Bertz CT molecular complexity index is 995. The predicted octanol–water partition coefficient (Wildman–Crippen LogP) is 4.08. The van der Waals surface area contributed by atoms with E-state index in [0.717, 1.165) is 43.1 Å². The fourth-order valence-electron chi connectivity index (χ4n) is 4.15. The van der Waals surface area contributed by atoms with Gasteiger partial charge in [-0.15, -0.1) is 0 Å². The van der Waals surface area contributed by atoms with Crippen molar-refractivity contribution in [3.63, 3.8) is 0 Å². The monoisotopic (exact) mass is 429 g/mol. The zero-order valence-electron chi connectivity index (χ0n) is 18.8. The summed E-state index contributed by atoms with van der Waals surface area (Å²) in [5.41, 5.74) is 4.12. The van der Waals surface area contributed by atoms with Crippen LogP contribution in [0.25, 0.3) is 11.1 Å². The van der Waals surface area contributed by atoms with Crippen LogP contribution >= 0.6 is 0 Å². The second kappa shape index (κ2) is 10.4. The molecule has 1 N–H and O–H groups in total. The third kappa shape index (κ3) is 5.36. The Hall–Kier alpha value is -3.15. The van der Waals surface area contributed by atoms with E-state index in [0.29, 0.717) is 12.1 Å². The van der Waals surface area contributed by atoms with E-state index in [-0.39, 0.29) is 11.9 Å². The van der Waals surface area contributed by atoms with Gasteiger partial charge in [0, 0.05) is 38.3 Å². The molecule has 4 rings (SSSR count). The van der Waals surface area contributed by atoms with Gasteiger partial charge in [-0.3, -0.25) is 9.69 Å². The average Bonchev–Trinajstić information content (AvgIpc) is 2.86. The minimum Gasteiger partial charge on any atom is -0.497 e. The summed E-state index contributed by atoms with van der Waals surface area (Å²) in [4.78, 5) is 17.7. The average molecular weight is 430 g/mol. The molecule has 1 aliphatic heterocycles. The minimum atomic E-state index is -0.0442. The summed E-state index contributed by atoms with van der Waals surface area (Å²) in [6.07, 6.45) is 0. The zero-order chi connectivity index (χ0) is 22.3. The van der Waals surface area contributed by atoms with Crippen LogP contribution in [0, 0.1) is 0 Å². The van der Waals surface area contributed by atoms with Gasteiger partial charge in [-0.1, -0.05) is 54.6 Å². The standard InChI is InChI=1S/C27H31N3O2/c1-29-16-18-30(19-17-29)26(23-12-14-25(32-2)15-13-23)20-28-27(31)24-10-8-22(9-11-24)21-6-4-3-5-7-21/h3-15,26H,16-20H2,1-2H3,(H,28,31)/t26-/m0/s1. The van der Waals surface area contributed by atoms with E-state index < -0.39 is 0 Å². The van der Waals surface area contributed by atoms with Gasteiger partial charge < -0.3 is 15.0 Å². The molecule has 0 aromatic heterocycles. The molecule has 0 saturated carbocycles. The van der Waals surface area contributed by atoms with E-state index in [1.807, 2.05) is 54.6 Å². The molecule has 166 valence electrons. The molecule has 1 amide bonds. The number of likely N-dealkylation sites (N-methyl/N-ethyl adjacent to an activating group) is 1. The Morgan fingerprint density at radius 2 is 1.50 bits per heavy atom. The van der Waals surface area contributed by atoms with Gasteiger partial charge in [-0.25, -0.2) is 0 Å². The molecule has 3 aromatic carbocycles. The summed E-state index contributed by atoms with van der Waals surface area (Å²) in [6, 6.07) is 26.3. The third-order valence-electron chi connectivity index (χ3n) is 6.19. The number of hydrogen-bond donors (Lipinski definition) is 1. The molecule has 0 aliphatic carbocycles. The van der Waals surface area contributed by atoms with Gasteiger partial charge in [-0.2, -0.15) is 0 Å². The number of carbonyl (C=O) groups excluding carboxylic acids is 1. The van der Waals surface area contributed by atoms with Gasteiger partial charge in [-0.05, 0) is 48.0 Å². The van der Waals surface area contributed by atoms with Gasteiger partial charge in [0.25, 0.3) is 5.91 Å². The summed E-state index contributed by atoms with van der Waals surface area (Å²) in [7, 11) is 3.83. The summed E-state index contributed by atoms with van der Waals surface area (Å²) in [5, 5.41) is 3.17. The zero-order valence-corrected chi connectivity index (χ0v) is 18.8. The maximum absolute atomic E-state index is 12.9. The largest absolute Gasteiger partial charge is 0.497 e. The number of benzene rings is 3. The third-order valence-corrected chi connectivity index (χ3v) is 6.19. The smallest absolute Gasteiger partial charge is 0.251 e. The Labute approximate surface area is 190 Å². The van der Waals surface area contributed by atoms with Crippen LogP contribution in [0.4, 0.5) is 0 Å². The van der Waals surface area contributed by atoms with Crippen molar-refractivity contribution in [3.8, 4) is 16.9 Å². The molecular weight excluding hydrogens is 398 g/mol. The first kappa shape index (κ1) is 22.1. The lowest BCUT2D eigenvalue weighted by atomic mass is 10.0. The van der Waals surface area contributed by atoms with E-state index in [1.165, 1.54) is 5.56 Å². The highest BCUT2D eigenvalue weighted by molar-refractivity contribution is 5.94. The number of amides is 1. The topological polar surface area (TPSA) is 44.8 Å². The second-order valence-corrected chi connectivity index (χ2v) is 8.28. The van der Waals surface area contributed by atoms with Crippen molar-refractivity contribution >= 4 is 5.91 Å². The van der Waals surface area contributed by atoms with Gasteiger partial charge in [0.1, 0.15) is 5.75 Å². The van der Waals surface area contributed by atoms with E-state index in [1.54, 1.807) is 7.11 Å². The number of carbonyl (C=O) groups is 1. The van der Waals surface area contributed by atoms with Crippen LogP contribution in [0.3, 0.4) is 0 Å². The normalized spacial score (nSPS) is 15.8. The first-order chi connectivity index (χ1) is 15.6. The van der Waals surface area contributed by atoms with Crippen molar-refractivity contribution in [2.75, 3.05) is 46.9 Å². The summed E-state index contributed by atoms with van der Waals surface area (Å²) in [6.45, 7) is 4.59. The van der Waals surface area contributed by atoms with Gasteiger partial charge >= 0.3 is 0 Å². The quantitative estimate of drug-likeness (QED) is 0.615. The highest BCUT2D eigenvalue weighted by Crippen LogP contribution is 2.24. The molecule has 32 heavy (non-hydrogen) atoms. The summed E-state index contributed by atoms with van der Waals surface area (Å²) >= 11 is 0. The van der Waals surface area contributed by atoms with Crippen molar-refractivity contribution in [3.05, 3.63) is 90.0 Å². The molecule has 0 radical (unpaired) electrons. The van der Waals surface area contributed by atoms with Gasteiger partial charge in [0.05, 0.1) is 13.2 Å². The number of rotatable bonds is 7. The van der Waals surface area contributed by atoms with Crippen LogP contribution < -0.4 is 10.1 Å². The molecule has 1 saturated heterocycles. The van der Waals surface area contributed by atoms with Crippen molar-refractivity contribution in [1.82, 2.24) is 15.1 Å². The molecule has 1 fully saturated rings.